The predicted octanol–water partition coefficient (Wildman–Crippen LogP) is 6.27. The maximum atomic E-state index is 13.1. The Morgan fingerprint density at radius 1 is 0.613 bits per heavy atom. The molecular weight excluding hydrogens is 404 g/mol. The van der Waals surface area contributed by atoms with Crippen molar-refractivity contribution in [1.29, 1.82) is 0 Å². The molecule has 0 aromatic heterocycles. The van der Waals surface area contributed by atoms with E-state index in [4.69, 9.17) is 4.74 Å². The Kier molecular flexibility index (Phi) is 6.29. The van der Waals surface area contributed by atoms with Gasteiger partial charge in [-0.2, -0.15) is 0 Å². The van der Waals surface area contributed by atoms with Crippen LogP contribution in [-0.2, 0) is 14.6 Å². The lowest BCUT2D eigenvalue weighted by molar-refractivity contribution is 0.208. The van der Waals surface area contributed by atoms with E-state index in [1.54, 1.807) is 30.3 Å². The van der Waals surface area contributed by atoms with Crippen LogP contribution >= 0.6 is 0 Å². The Hall–Kier alpha value is -3.63. The molecule has 4 heteroatoms. The molecule has 154 valence electrons. The summed E-state index contributed by atoms with van der Waals surface area (Å²) in [6.07, 6.45) is -0.458. The van der Waals surface area contributed by atoms with E-state index in [0.717, 1.165) is 11.1 Å². The fourth-order valence-corrected chi connectivity index (χ4v) is 4.44. The molecule has 31 heavy (non-hydrogen) atoms. The van der Waals surface area contributed by atoms with Gasteiger partial charge in [-0.05, 0) is 23.3 Å². The highest BCUT2D eigenvalue weighted by molar-refractivity contribution is 7.94. The van der Waals surface area contributed by atoms with Gasteiger partial charge in [0.1, 0.15) is 11.9 Å². The second kappa shape index (κ2) is 9.45. The molecule has 0 radical (unpaired) electrons. The van der Waals surface area contributed by atoms with Crippen molar-refractivity contribution >= 4 is 15.6 Å². The van der Waals surface area contributed by atoms with Crippen LogP contribution in [0.3, 0.4) is 0 Å². The summed E-state index contributed by atoms with van der Waals surface area (Å²) in [5.41, 5.74) is 2.57. The first-order valence-corrected chi connectivity index (χ1v) is 11.5. The van der Waals surface area contributed by atoms with Crippen LogP contribution in [0.15, 0.2) is 132 Å². The van der Waals surface area contributed by atoms with Crippen LogP contribution in [0.25, 0.3) is 5.76 Å². The van der Waals surface area contributed by atoms with Gasteiger partial charge in [-0.15, -0.1) is 0 Å². The van der Waals surface area contributed by atoms with Gasteiger partial charge in [0.2, 0.25) is 9.84 Å². The summed E-state index contributed by atoms with van der Waals surface area (Å²) in [5, 5.41) is 1.22. The van der Waals surface area contributed by atoms with Crippen LogP contribution in [0.1, 0.15) is 22.8 Å². The minimum Gasteiger partial charge on any atom is -0.480 e. The van der Waals surface area contributed by atoms with Gasteiger partial charge in [0, 0.05) is 5.56 Å². The summed E-state index contributed by atoms with van der Waals surface area (Å²) in [5.74, 6) is 0.294. The number of rotatable bonds is 7. The molecule has 0 saturated heterocycles. The molecule has 3 nitrogen and oxygen atoms in total. The summed E-state index contributed by atoms with van der Waals surface area (Å²) in [6, 6.07) is 37.3. The quantitative estimate of drug-likeness (QED) is 0.327. The second-order valence-electron chi connectivity index (χ2n) is 7.03. The lowest BCUT2D eigenvalue weighted by atomic mass is 10.0. The highest BCUT2D eigenvalue weighted by Crippen LogP contribution is 2.32. The predicted molar refractivity (Wildman–Crippen MR) is 124 cm³/mol. The van der Waals surface area contributed by atoms with Crippen LogP contribution in [-0.4, -0.2) is 8.42 Å². The zero-order valence-electron chi connectivity index (χ0n) is 16.8. The largest absolute Gasteiger partial charge is 0.480 e. The summed E-state index contributed by atoms with van der Waals surface area (Å²) in [4.78, 5) is 0.225. The molecule has 4 rings (SSSR count). The first kappa shape index (κ1) is 20.6. The molecule has 0 spiro atoms. The molecule has 0 amide bonds. The third-order valence-electron chi connectivity index (χ3n) is 4.84. The van der Waals surface area contributed by atoms with Crippen molar-refractivity contribution in [3.63, 3.8) is 0 Å². The van der Waals surface area contributed by atoms with Crippen molar-refractivity contribution in [2.45, 2.75) is 11.0 Å². The van der Waals surface area contributed by atoms with Crippen molar-refractivity contribution in [3.8, 4) is 0 Å². The van der Waals surface area contributed by atoms with Gasteiger partial charge in [-0.1, -0.05) is 109 Å². The molecule has 4 aromatic rings. The molecule has 0 bridgehead atoms. The van der Waals surface area contributed by atoms with Crippen LogP contribution in [0.2, 0.25) is 0 Å². The Balaban J connectivity index is 1.82. The lowest BCUT2D eigenvalue weighted by Gasteiger charge is -2.22. The van der Waals surface area contributed by atoms with Crippen molar-refractivity contribution in [3.05, 3.63) is 143 Å². The normalized spacial score (nSPS) is 12.0. The van der Waals surface area contributed by atoms with Gasteiger partial charge >= 0.3 is 0 Å². The number of ether oxygens (including phenoxy) is 1. The van der Waals surface area contributed by atoms with Crippen molar-refractivity contribution in [2.75, 3.05) is 0 Å². The third-order valence-corrected chi connectivity index (χ3v) is 6.30. The van der Waals surface area contributed by atoms with Gasteiger partial charge in [0.05, 0.1) is 10.3 Å². The summed E-state index contributed by atoms with van der Waals surface area (Å²) in [7, 11) is -3.70. The van der Waals surface area contributed by atoms with Crippen molar-refractivity contribution in [1.82, 2.24) is 0 Å². The standard InChI is InChI=1S/C27H22O3S/c28-31(29,25-19-11-4-12-20-25)21-26(22-13-5-1-6-14-22)30-27(23-15-7-2-8-16-23)24-17-9-3-10-18-24/h1-21,27H/b26-21-. The van der Waals surface area contributed by atoms with Gasteiger partial charge in [-0.25, -0.2) is 8.42 Å². The van der Waals surface area contributed by atoms with Crippen LogP contribution in [0.4, 0.5) is 0 Å². The molecule has 0 aliphatic heterocycles. The van der Waals surface area contributed by atoms with E-state index in [2.05, 4.69) is 0 Å². The highest BCUT2D eigenvalue weighted by Gasteiger charge is 2.21. The molecule has 0 aliphatic rings. The summed E-state index contributed by atoms with van der Waals surface area (Å²) in [6.45, 7) is 0. The SMILES string of the molecule is O=S(=O)(/C=C(\OC(c1ccccc1)c1ccccc1)c1ccccc1)c1ccccc1. The van der Waals surface area contributed by atoms with E-state index in [-0.39, 0.29) is 4.90 Å². The maximum absolute atomic E-state index is 13.1. The van der Waals surface area contributed by atoms with Gasteiger partial charge in [-0.3, -0.25) is 0 Å². The number of hydrogen-bond acceptors (Lipinski definition) is 3. The Morgan fingerprint density at radius 3 is 1.52 bits per heavy atom. The van der Waals surface area contributed by atoms with Crippen molar-refractivity contribution < 1.29 is 13.2 Å². The van der Waals surface area contributed by atoms with Crippen LogP contribution in [0, 0.1) is 0 Å². The zero-order chi connectivity index (χ0) is 21.5. The molecule has 0 aliphatic carbocycles. The van der Waals surface area contributed by atoms with Gasteiger partial charge in [0.15, 0.2) is 0 Å². The first-order valence-electron chi connectivity index (χ1n) is 9.97. The number of benzene rings is 4. The van der Waals surface area contributed by atoms with E-state index in [1.165, 1.54) is 5.41 Å². The van der Waals surface area contributed by atoms with Gasteiger partial charge < -0.3 is 4.74 Å². The van der Waals surface area contributed by atoms with Crippen LogP contribution in [0.5, 0.6) is 0 Å². The molecule has 0 heterocycles. The van der Waals surface area contributed by atoms with Crippen LogP contribution < -0.4 is 0 Å². The lowest BCUT2D eigenvalue weighted by Crippen LogP contribution is -2.08. The average molecular weight is 427 g/mol. The highest BCUT2D eigenvalue weighted by atomic mass is 32.2. The average Bonchev–Trinajstić information content (AvgIpc) is 2.84. The van der Waals surface area contributed by atoms with E-state index < -0.39 is 15.9 Å². The summed E-state index contributed by atoms with van der Waals surface area (Å²) >= 11 is 0. The fourth-order valence-electron chi connectivity index (χ4n) is 3.30. The smallest absolute Gasteiger partial charge is 0.203 e. The third kappa shape index (κ3) is 5.11. The molecule has 0 atom stereocenters. The number of sulfone groups is 1. The molecule has 0 fully saturated rings. The Labute approximate surface area is 183 Å². The minimum atomic E-state index is -3.70. The number of hydrogen-bond donors (Lipinski definition) is 0. The molecule has 0 saturated carbocycles. The topological polar surface area (TPSA) is 43.4 Å². The molecule has 0 unspecified atom stereocenters. The van der Waals surface area contributed by atoms with E-state index >= 15 is 0 Å². The Morgan fingerprint density at radius 2 is 1.03 bits per heavy atom. The zero-order valence-corrected chi connectivity index (χ0v) is 17.7. The fraction of sp³-hybridized carbons (Fsp3) is 0.0370. The van der Waals surface area contributed by atoms with E-state index in [9.17, 15) is 8.42 Å². The van der Waals surface area contributed by atoms with E-state index in [0.29, 0.717) is 11.3 Å². The first-order chi connectivity index (χ1) is 15.1. The summed E-state index contributed by atoms with van der Waals surface area (Å²) < 4.78 is 32.7. The monoisotopic (exact) mass is 426 g/mol. The van der Waals surface area contributed by atoms with Gasteiger partial charge in [0.25, 0.3) is 0 Å². The minimum absolute atomic E-state index is 0.225. The molecule has 4 aromatic carbocycles. The maximum Gasteiger partial charge on any atom is 0.203 e. The molecule has 0 N–H and O–H groups in total. The molecular formula is C27H22O3S. The second-order valence-corrected chi connectivity index (χ2v) is 8.82. The van der Waals surface area contributed by atoms with Crippen molar-refractivity contribution in [2.24, 2.45) is 0 Å². The Bertz CT molecular complexity index is 1200. The van der Waals surface area contributed by atoms with E-state index in [1.807, 2.05) is 91.0 Å².